The number of alkyl halides is 3. The number of hydrogen-bond donors (Lipinski definition) is 1. The summed E-state index contributed by atoms with van der Waals surface area (Å²) in [6, 6.07) is 7.01. The molecule has 11 heteroatoms. The smallest absolute Gasteiger partial charge is 0.416 e. The predicted octanol–water partition coefficient (Wildman–Crippen LogP) is 5.38. The molecule has 196 valence electrons. The van der Waals surface area contributed by atoms with E-state index in [1.807, 2.05) is 6.07 Å². The van der Waals surface area contributed by atoms with Crippen LogP contribution in [0.2, 0.25) is 0 Å². The zero-order valence-electron chi connectivity index (χ0n) is 19.7. The maximum atomic E-state index is 12.9. The highest BCUT2D eigenvalue weighted by Crippen LogP contribution is 2.33. The summed E-state index contributed by atoms with van der Waals surface area (Å²) >= 11 is 1.60. The van der Waals surface area contributed by atoms with Crippen molar-refractivity contribution in [3.05, 3.63) is 64.3 Å². The lowest BCUT2D eigenvalue weighted by molar-refractivity contribution is -0.137. The molecular formula is C25H29ClF3N3O3S. The monoisotopic (exact) mass is 543 g/mol. The molecule has 0 amide bonds. The second-order valence-electron chi connectivity index (χ2n) is 8.40. The van der Waals surface area contributed by atoms with Gasteiger partial charge in [-0.15, -0.1) is 24.2 Å². The Bertz CT molecular complexity index is 1190. The number of halogens is 4. The lowest BCUT2D eigenvalue weighted by Gasteiger charge is -2.26. The molecule has 2 aromatic heterocycles. The molecule has 1 saturated heterocycles. The van der Waals surface area contributed by atoms with E-state index in [1.165, 1.54) is 18.4 Å². The van der Waals surface area contributed by atoms with Crippen molar-refractivity contribution in [3.8, 4) is 5.75 Å². The van der Waals surface area contributed by atoms with Gasteiger partial charge in [0.25, 0.3) is 0 Å². The fraction of sp³-hybridized carbons (Fsp3) is 0.440. The van der Waals surface area contributed by atoms with Gasteiger partial charge in [0.1, 0.15) is 12.0 Å². The Balaban J connectivity index is 0.00000361. The summed E-state index contributed by atoms with van der Waals surface area (Å²) in [5, 5.41) is 4.01. The molecule has 1 aliphatic heterocycles. The Kier molecular flexibility index (Phi) is 10.5. The van der Waals surface area contributed by atoms with E-state index >= 15 is 0 Å². The van der Waals surface area contributed by atoms with Gasteiger partial charge in [-0.25, -0.2) is 0 Å². The molecule has 0 saturated carbocycles. The number of unbranched alkanes of at least 4 members (excludes halogenated alkanes) is 2. The van der Waals surface area contributed by atoms with Crippen LogP contribution < -0.4 is 15.5 Å². The van der Waals surface area contributed by atoms with Gasteiger partial charge in [-0.3, -0.25) is 14.7 Å². The van der Waals surface area contributed by atoms with Gasteiger partial charge in [-0.1, -0.05) is 6.07 Å². The molecule has 1 fully saturated rings. The number of ether oxygens (including phenoxy) is 1. The van der Waals surface area contributed by atoms with Crippen molar-refractivity contribution in [2.45, 2.75) is 36.9 Å². The van der Waals surface area contributed by atoms with Gasteiger partial charge >= 0.3 is 6.18 Å². The van der Waals surface area contributed by atoms with E-state index in [-0.39, 0.29) is 23.6 Å². The van der Waals surface area contributed by atoms with Crippen molar-refractivity contribution >= 4 is 35.1 Å². The molecule has 1 aliphatic rings. The summed E-state index contributed by atoms with van der Waals surface area (Å²) < 4.78 is 50.0. The van der Waals surface area contributed by atoms with E-state index in [2.05, 4.69) is 15.2 Å². The molecule has 3 heterocycles. The van der Waals surface area contributed by atoms with Gasteiger partial charge in [-0.05, 0) is 43.2 Å². The average Bonchev–Trinajstić information content (AvgIpc) is 2.84. The number of hydrogen-bond acceptors (Lipinski definition) is 7. The fourth-order valence-electron chi connectivity index (χ4n) is 3.89. The highest BCUT2D eigenvalue weighted by atomic mass is 35.5. The SMILES string of the molecule is Cl.O=c1cc(CN2CCNCC2)occ1OCCCCCSc1ccnc2cc(C(F)(F)F)ccc12. The predicted molar refractivity (Wildman–Crippen MR) is 137 cm³/mol. The summed E-state index contributed by atoms with van der Waals surface area (Å²) in [6.07, 6.45) is 1.16. The Labute approximate surface area is 218 Å². The Morgan fingerprint density at radius 2 is 1.92 bits per heavy atom. The van der Waals surface area contributed by atoms with Gasteiger partial charge in [0, 0.05) is 48.7 Å². The largest absolute Gasteiger partial charge is 0.487 e. The van der Waals surface area contributed by atoms with Crippen LogP contribution in [-0.2, 0) is 12.7 Å². The average molecular weight is 544 g/mol. The number of nitrogens with zero attached hydrogens (tertiary/aromatic N) is 2. The highest BCUT2D eigenvalue weighted by Gasteiger charge is 2.30. The van der Waals surface area contributed by atoms with Gasteiger partial charge in [0.05, 0.1) is 24.2 Å². The molecule has 0 aliphatic carbocycles. The van der Waals surface area contributed by atoms with Crippen LogP contribution in [0.1, 0.15) is 30.6 Å². The highest BCUT2D eigenvalue weighted by molar-refractivity contribution is 7.99. The first kappa shape index (κ1) is 28.3. The van der Waals surface area contributed by atoms with E-state index < -0.39 is 11.7 Å². The molecule has 0 unspecified atom stereocenters. The Hall–Kier alpha value is -2.27. The molecule has 6 nitrogen and oxygen atoms in total. The first-order chi connectivity index (χ1) is 16.9. The Morgan fingerprint density at radius 1 is 1.11 bits per heavy atom. The van der Waals surface area contributed by atoms with Crippen molar-refractivity contribution in [3.63, 3.8) is 0 Å². The Morgan fingerprint density at radius 3 is 2.67 bits per heavy atom. The van der Waals surface area contributed by atoms with Crippen LogP contribution in [0, 0.1) is 0 Å². The van der Waals surface area contributed by atoms with Crippen LogP contribution in [0.4, 0.5) is 13.2 Å². The van der Waals surface area contributed by atoms with Crippen LogP contribution >= 0.6 is 24.2 Å². The summed E-state index contributed by atoms with van der Waals surface area (Å²) in [5.74, 6) is 1.69. The standard InChI is InChI=1S/C25H28F3N3O3S.ClH/c26-25(27,28)18-4-5-20-21(14-18)30-7-6-24(20)35-13-3-1-2-12-33-23-17-34-19(15-22(23)32)16-31-10-8-29-9-11-31;/h4-7,14-15,17,29H,1-3,8-13,16H2;1H. The summed E-state index contributed by atoms with van der Waals surface area (Å²) in [7, 11) is 0. The first-order valence-corrected chi connectivity index (χ1v) is 12.6. The lowest BCUT2D eigenvalue weighted by Crippen LogP contribution is -2.42. The maximum absolute atomic E-state index is 12.9. The summed E-state index contributed by atoms with van der Waals surface area (Å²) in [6.45, 7) is 4.76. The minimum absolute atomic E-state index is 0. The number of pyridine rings is 1. The number of fused-ring (bicyclic) bond motifs is 1. The number of piperazine rings is 1. The van der Waals surface area contributed by atoms with E-state index in [0.717, 1.165) is 73.6 Å². The van der Waals surface area contributed by atoms with Crippen molar-refractivity contribution < 1.29 is 22.3 Å². The van der Waals surface area contributed by atoms with Gasteiger partial charge in [0.15, 0.2) is 0 Å². The molecule has 1 N–H and O–H groups in total. The maximum Gasteiger partial charge on any atom is 0.416 e. The van der Waals surface area contributed by atoms with Crippen molar-refractivity contribution in [1.29, 1.82) is 0 Å². The lowest BCUT2D eigenvalue weighted by atomic mass is 10.1. The van der Waals surface area contributed by atoms with E-state index in [4.69, 9.17) is 9.15 Å². The van der Waals surface area contributed by atoms with Crippen LogP contribution in [0.25, 0.3) is 10.9 Å². The van der Waals surface area contributed by atoms with Crippen molar-refractivity contribution in [1.82, 2.24) is 15.2 Å². The third-order valence-corrected chi connectivity index (χ3v) is 6.93. The van der Waals surface area contributed by atoms with E-state index in [1.54, 1.807) is 18.0 Å². The zero-order valence-corrected chi connectivity index (χ0v) is 21.3. The van der Waals surface area contributed by atoms with Crippen LogP contribution in [0.15, 0.2) is 56.9 Å². The van der Waals surface area contributed by atoms with E-state index in [9.17, 15) is 18.0 Å². The van der Waals surface area contributed by atoms with Crippen LogP contribution in [0.5, 0.6) is 5.75 Å². The molecular weight excluding hydrogens is 515 g/mol. The molecule has 1 aromatic carbocycles. The van der Waals surface area contributed by atoms with Gasteiger partial charge in [0.2, 0.25) is 11.2 Å². The van der Waals surface area contributed by atoms with E-state index in [0.29, 0.717) is 24.4 Å². The zero-order chi connectivity index (χ0) is 24.7. The fourth-order valence-corrected chi connectivity index (χ4v) is 4.94. The van der Waals surface area contributed by atoms with Crippen LogP contribution in [0.3, 0.4) is 0 Å². The number of aromatic nitrogens is 1. The number of benzene rings is 1. The summed E-state index contributed by atoms with van der Waals surface area (Å²) in [5.41, 5.74) is -0.519. The minimum atomic E-state index is -4.38. The number of nitrogens with one attached hydrogen (secondary N) is 1. The molecule has 4 rings (SSSR count). The second-order valence-corrected chi connectivity index (χ2v) is 9.53. The number of thioether (sulfide) groups is 1. The van der Waals surface area contributed by atoms with Gasteiger partial charge in [-0.2, -0.15) is 13.2 Å². The van der Waals surface area contributed by atoms with Crippen molar-refractivity contribution in [2.75, 3.05) is 38.5 Å². The second kappa shape index (κ2) is 13.3. The normalized spacial score (nSPS) is 14.5. The third kappa shape index (κ3) is 7.86. The quantitative estimate of drug-likeness (QED) is 0.272. The molecule has 0 atom stereocenters. The molecule has 0 bridgehead atoms. The third-order valence-electron chi connectivity index (χ3n) is 5.78. The molecule has 0 radical (unpaired) electrons. The first-order valence-electron chi connectivity index (χ1n) is 11.7. The molecule has 0 spiro atoms. The van der Waals surface area contributed by atoms with Gasteiger partial charge < -0.3 is 14.5 Å². The van der Waals surface area contributed by atoms with Crippen molar-refractivity contribution in [2.24, 2.45) is 0 Å². The minimum Gasteiger partial charge on any atom is -0.487 e. The van der Waals surface area contributed by atoms with Crippen LogP contribution in [-0.4, -0.2) is 48.4 Å². The molecule has 36 heavy (non-hydrogen) atoms. The summed E-state index contributed by atoms with van der Waals surface area (Å²) in [4.78, 5) is 19.5. The number of rotatable bonds is 10. The topological polar surface area (TPSA) is 67.6 Å². The molecule has 3 aromatic rings.